The third-order valence-corrected chi connectivity index (χ3v) is 3.97. The maximum absolute atomic E-state index is 12.2. The van der Waals surface area contributed by atoms with Crippen LogP contribution in [0.2, 0.25) is 5.02 Å². The second-order valence-corrected chi connectivity index (χ2v) is 6.50. The van der Waals surface area contributed by atoms with Crippen LogP contribution in [0.3, 0.4) is 0 Å². The molecule has 1 unspecified atom stereocenters. The van der Waals surface area contributed by atoms with Crippen molar-refractivity contribution in [3.8, 4) is 5.75 Å². The van der Waals surface area contributed by atoms with Crippen molar-refractivity contribution in [3.63, 3.8) is 0 Å². The first kappa shape index (κ1) is 19.0. The Hall–Kier alpha value is -2.30. The number of quaternary nitrogens is 1. The third kappa shape index (κ3) is 6.25. The minimum Gasteiger partial charge on any atom is -0.490 e. The van der Waals surface area contributed by atoms with E-state index in [4.69, 9.17) is 16.3 Å². The van der Waals surface area contributed by atoms with Gasteiger partial charge >= 0.3 is 0 Å². The molecule has 2 aromatic rings. The quantitative estimate of drug-likeness (QED) is 0.712. The summed E-state index contributed by atoms with van der Waals surface area (Å²) in [6.07, 6.45) is 1.71. The first-order valence-electron chi connectivity index (χ1n) is 8.18. The lowest BCUT2D eigenvalue weighted by Crippen LogP contribution is -3.08. The fourth-order valence-electron chi connectivity index (χ4n) is 2.47. The van der Waals surface area contributed by atoms with E-state index in [1.54, 1.807) is 12.1 Å². The number of ether oxygens (including phenoxy) is 1. The van der Waals surface area contributed by atoms with Crippen molar-refractivity contribution in [3.05, 3.63) is 71.3 Å². The van der Waals surface area contributed by atoms with E-state index in [0.717, 1.165) is 34.0 Å². The van der Waals surface area contributed by atoms with E-state index in [1.807, 2.05) is 50.4 Å². The molecule has 2 rings (SSSR count). The van der Waals surface area contributed by atoms with Crippen LogP contribution in [0, 0.1) is 6.92 Å². The predicted molar refractivity (Wildman–Crippen MR) is 102 cm³/mol. The Kier molecular flexibility index (Phi) is 7.04. The van der Waals surface area contributed by atoms with Gasteiger partial charge in [-0.05, 0) is 48.9 Å². The van der Waals surface area contributed by atoms with Crippen LogP contribution >= 0.6 is 11.6 Å². The summed E-state index contributed by atoms with van der Waals surface area (Å²) in [5.41, 5.74) is 2.90. The lowest BCUT2D eigenvalue weighted by molar-refractivity contribution is -0.885. The molecule has 0 aliphatic heterocycles. The Morgan fingerprint density at radius 1 is 1.28 bits per heavy atom. The Labute approximate surface area is 154 Å². The normalized spacial score (nSPS) is 11.6. The lowest BCUT2D eigenvalue weighted by Gasteiger charge is -2.15. The smallest absolute Gasteiger partial charge is 0.279 e. The number of nitrogens with one attached hydrogen (secondary N) is 2. The highest BCUT2D eigenvalue weighted by Gasteiger charge is 2.12. The molecule has 0 radical (unpaired) electrons. The zero-order chi connectivity index (χ0) is 18.2. The molecule has 2 aromatic carbocycles. The third-order valence-electron chi connectivity index (χ3n) is 3.73. The highest BCUT2D eigenvalue weighted by molar-refractivity contribution is 6.31. The van der Waals surface area contributed by atoms with Crippen LogP contribution < -0.4 is 15.0 Å². The predicted octanol–water partition coefficient (Wildman–Crippen LogP) is 2.87. The van der Waals surface area contributed by atoms with Gasteiger partial charge in [0.15, 0.2) is 6.54 Å². The monoisotopic (exact) mass is 359 g/mol. The lowest BCUT2D eigenvalue weighted by atomic mass is 10.2. The van der Waals surface area contributed by atoms with Crippen molar-refractivity contribution < 1.29 is 14.4 Å². The maximum Gasteiger partial charge on any atom is 0.279 e. The summed E-state index contributed by atoms with van der Waals surface area (Å²) in [6, 6.07) is 13.4. The van der Waals surface area contributed by atoms with Crippen LogP contribution in [0.15, 0.2) is 55.1 Å². The van der Waals surface area contributed by atoms with Gasteiger partial charge in [-0.3, -0.25) is 4.79 Å². The van der Waals surface area contributed by atoms with Gasteiger partial charge in [-0.25, -0.2) is 0 Å². The van der Waals surface area contributed by atoms with Crippen LogP contribution in [0.25, 0.3) is 0 Å². The molecule has 1 atom stereocenters. The topological polar surface area (TPSA) is 42.8 Å². The standard InChI is InChI=1S/C20H23ClN2O2/c1-4-11-25-18-9-6-16(7-10-18)13-23(3)14-20(24)22-19-12-17(21)8-5-15(19)2/h4-10,12H,1,11,13-14H2,2-3H3,(H,22,24)/p+1. The molecule has 0 aliphatic carbocycles. The summed E-state index contributed by atoms with van der Waals surface area (Å²) in [6.45, 7) is 7.19. The van der Waals surface area contributed by atoms with Crippen molar-refractivity contribution in [2.45, 2.75) is 13.5 Å². The van der Waals surface area contributed by atoms with E-state index in [-0.39, 0.29) is 5.91 Å². The summed E-state index contributed by atoms with van der Waals surface area (Å²) in [4.78, 5) is 13.3. The average Bonchev–Trinajstić information content (AvgIpc) is 2.57. The molecule has 0 bridgehead atoms. The Balaban J connectivity index is 1.86. The molecular weight excluding hydrogens is 336 g/mol. The number of halogens is 1. The van der Waals surface area contributed by atoms with Crippen LogP contribution in [-0.2, 0) is 11.3 Å². The molecular formula is C20H24ClN2O2+. The molecule has 4 nitrogen and oxygen atoms in total. The zero-order valence-electron chi connectivity index (χ0n) is 14.6. The van der Waals surface area contributed by atoms with Gasteiger partial charge in [-0.2, -0.15) is 0 Å². The number of benzene rings is 2. The molecule has 0 saturated heterocycles. The summed E-state index contributed by atoms with van der Waals surface area (Å²) in [5, 5.41) is 3.54. The number of aryl methyl sites for hydroxylation is 1. The summed E-state index contributed by atoms with van der Waals surface area (Å²) < 4.78 is 5.47. The number of hydrogen-bond donors (Lipinski definition) is 2. The van der Waals surface area contributed by atoms with Gasteiger partial charge in [0.1, 0.15) is 18.9 Å². The van der Waals surface area contributed by atoms with Gasteiger partial charge in [0.05, 0.1) is 7.05 Å². The molecule has 0 spiro atoms. The van der Waals surface area contributed by atoms with E-state index >= 15 is 0 Å². The number of likely N-dealkylation sites (N-methyl/N-ethyl adjacent to an activating group) is 1. The zero-order valence-corrected chi connectivity index (χ0v) is 15.4. The summed E-state index contributed by atoms with van der Waals surface area (Å²) in [5.74, 6) is 0.782. The number of hydrogen-bond acceptors (Lipinski definition) is 2. The van der Waals surface area contributed by atoms with E-state index in [2.05, 4.69) is 11.9 Å². The SMILES string of the molecule is C=CCOc1ccc(C[NH+](C)CC(=O)Nc2cc(Cl)ccc2C)cc1. The first-order valence-corrected chi connectivity index (χ1v) is 8.55. The minimum absolute atomic E-state index is 0.0335. The fraction of sp³-hybridized carbons (Fsp3) is 0.250. The van der Waals surface area contributed by atoms with Crippen LogP contribution in [-0.4, -0.2) is 26.1 Å². The maximum atomic E-state index is 12.2. The number of amides is 1. The van der Waals surface area contributed by atoms with Gasteiger partial charge < -0.3 is 15.0 Å². The second-order valence-electron chi connectivity index (χ2n) is 6.06. The Bertz CT molecular complexity index is 729. The number of carbonyl (C=O) groups excluding carboxylic acids is 1. The van der Waals surface area contributed by atoms with E-state index in [0.29, 0.717) is 18.2 Å². The van der Waals surface area contributed by atoms with Crippen molar-refractivity contribution in [2.75, 3.05) is 25.5 Å². The molecule has 132 valence electrons. The van der Waals surface area contributed by atoms with Gasteiger partial charge in [0.25, 0.3) is 5.91 Å². The van der Waals surface area contributed by atoms with Crippen molar-refractivity contribution >= 4 is 23.2 Å². The molecule has 5 heteroatoms. The van der Waals surface area contributed by atoms with Gasteiger partial charge in [-0.15, -0.1) is 0 Å². The molecule has 25 heavy (non-hydrogen) atoms. The number of anilines is 1. The second kappa shape index (κ2) is 9.25. The highest BCUT2D eigenvalue weighted by Crippen LogP contribution is 2.19. The molecule has 0 saturated carbocycles. The first-order chi connectivity index (χ1) is 12.0. The van der Waals surface area contributed by atoms with E-state index < -0.39 is 0 Å². The number of rotatable bonds is 8. The van der Waals surface area contributed by atoms with Crippen LogP contribution in [0.1, 0.15) is 11.1 Å². The van der Waals surface area contributed by atoms with Crippen LogP contribution in [0.5, 0.6) is 5.75 Å². The summed E-state index contributed by atoms with van der Waals surface area (Å²) >= 11 is 5.99. The van der Waals surface area contributed by atoms with Crippen molar-refractivity contribution in [1.82, 2.24) is 0 Å². The van der Waals surface area contributed by atoms with Gasteiger partial charge in [-0.1, -0.05) is 30.3 Å². The van der Waals surface area contributed by atoms with E-state index in [9.17, 15) is 4.79 Å². The summed E-state index contributed by atoms with van der Waals surface area (Å²) in [7, 11) is 1.99. The van der Waals surface area contributed by atoms with Crippen LogP contribution in [0.4, 0.5) is 5.69 Å². The van der Waals surface area contributed by atoms with Gasteiger partial charge in [0, 0.05) is 16.3 Å². The largest absolute Gasteiger partial charge is 0.490 e. The molecule has 0 heterocycles. The van der Waals surface area contributed by atoms with Gasteiger partial charge in [0.2, 0.25) is 0 Å². The molecule has 2 N–H and O–H groups in total. The Morgan fingerprint density at radius 2 is 2.00 bits per heavy atom. The Morgan fingerprint density at radius 3 is 2.68 bits per heavy atom. The number of carbonyl (C=O) groups is 1. The van der Waals surface area contributed by atoms with Crippen molar-refractivity contribution in [1.29, 1.82) is 0 Å². The minimum atomic E-state index is -0.0335. The average molecular weight is 360 g/mol. The molecule has 0 aromatic heterocycles. The van der Waals surface area contributed by atoms with Crippen molar-refractivity contribution in [2.24, 2.45) is 0 Å². The molecule has 0 aliphatic rings. The van der Waals surface area contributed by atoms with E-state index in [1.165, 1.54) is 0 Å². The highest BCUT2D eigenvalue weighted by atomic mass is 35.5. The fourth-order valence-corrected chi connectivity index (χ4v) is 2.64. The molecule has 0 fully saturated rings. The molecule has 1 amide bonds.